The minimum atomic E-state index is -0.0834. The van der Waals surface area contributed by atoms with Gasteiger partial charge in [-0.05, 0) is 45.2 Å². The maximum Gasteiger partial charge on any atom is 0.0569 e. The number of rotatable bonds is 7. The Morgan fingerprint density at radius 1 is 1.35 bits per heavy atom. The summed E-state index contributed by atoms with van der Waals surface area (Å²) in [5, 5.41) is 14.5. The van der Waals surface area contributed by atoms with Gasteiger partial charge in [-0.25, -0.2) is 0 Å². The predicted octanol–water partition coefficient (Wildman–Crippen LogP) is 2.67. The van der Waals surface area contributed by atoms with Gasteiger partial charge in [-0.15, -0.1) is 0 Å². The zero-order valence-corrected chi connectivity index (χ0v) is 13.0. The van der Waals surface area contributed by atoms with Gasteiger partial charge in [-0.2, -0.15) is 5.10 Å². The van der Waals surface area contributed by atoms with Crippen LogP contribution in [0, 0.1) is 5.92 Å². The maximum absolute atomic E-state index is 10.2. The largest absolute Gasteiger partial charge is 0.393 e. The number of hydrogen-bond donors (Lipinski definition) is 1. The smallest absolute Gasteiger partial charge is 0.0569 e. The van der Waals surface area contributed by atoms with Crippen molar-refractivity contribution in [1.29, 1.82) is 0 Å². The van der Waals surface area contributed by atoms with E-state index in [-0.39, 0.29) is 6.10 Å². The zero-order chi connectivity index (χ0) is 14.4. The van der Waals surface area contributed by atoms with Crippen LogP contribution in [0.1, 0.15) is 51.5 Å². The molecule has 0 radical (unpaired) electrons. The fraction of sp³-hybridized carbons (Fsp3) is 0.812. The number of aryl methyl sites for hydroxylation is 1. The second-order valence-electron chi connectivity index (χ2n) is 6.03. The molecule has 1 aliphatic heterocycles. The summed E-state index contributed by atoms with van der Waals surface area (Å²) in [7, 11) is 0. The summed E-state index contributed by atoms with van der Waals surface area (Å²) in [6, 6.07) is 0. The van der Waals surface area contributed by atoms with Crippen LogP contribution in [0.4, 0.5) is 0 Å². The fourth-order valence-electron chi connectivity index (χ4n) is 3.06. The van der Waals surface area contributed by atoms with Crippen molar-refractivity contribution < 1.29 is 5.11 Å². The normalized spacial score (nSPS) is 19.4. The lowest BCUT2D eigenvalue weighted by Crippen LogP contribution is -2.37. The summed E-state index contributed by atoms with van der Waals surface area (Å²) < 4.78 is 1.98. The Hall–Kier alpha value is -0.870. The molecule has 1 aliphatic rings. The molecule has 2 rings (SSSR count). The first-order valence-corrected chi connectivity index (χ1v) is 8.14. The van der Waals surface area contributed by atoms with Crippen LogP contribution in [0.15, 0.2) is 12.4 Å². The molecule has 0 aromatic carbocycles. The van der Waals surface area contributed by atoms with Crippen LogP contribution in [-0.2, 0) is 13.1 Å². The van der Waals surface area contributed by atoms with E-state index in [9.17, 15) is 5.11 Å². The van der Waals surface area contributed by atoms with Crippen molar-refractivity contribution in [3.63, 3.8) is 0 Å². The Morgan fingerprint density at radius 2 is 2.10 bits per heavy atom. The highest BCUT2D eigenvalue weighted by atomic mass is 16.3. The van der Waals surface area contributed by atoms with Crippen molar-refractivity contribution in [3.05, 3.63) is 18.0 Å². The Balaban J connectivity index is 1.73. The molecule has 1 atom stereocenters. The molecule has 0 amide bonds. The Bertz CT molecular complexity index is 383. The monoisotopic (exact) mass is 279 g/mol. The summed E-state index contributed by atoms with van der Waals surface area (Å²) in [6.45, 7) is 8.44. The van der Waals surface area contributed by atoms with E-state index in [0.717, 1.165) is 51.9 Å². The minimum Gasteiger partial charge on any atom is -0.393 e. The van der Waals surface area contributed by atoms with E-state index in [1.165, 1.54) is 12.0 Å². The molecule has 114 valence electrons. The van der Waals surface area contributed by atoms with E-state index in [2.05, 4.69) is 30.0 Å². The van der Waals surface area contributed by atoms with Crippen LogP contribution < -0.4 is 0 Å². The third-order valence-electron chi connectivity index (χ3n) is 4.45. The summed E-state index contributed by atoms with van der Waals surface area (Å²) in [5.41, 5.74) is 1.30. The highest BCUT2D eigenvalue weighted by Gasteiger charge is 2.24. The summed E-state index contributed by atoms with van der Waals surface area (Å²) >= 11 is 0. The van der Waals surface area contributed by atoms with Gasteiger partial charge in [0.15, 0.2) is 0 Å². The van der Waals surface area contributed by atoms with Crippen molar-refractivity contribution >= 4 is 0 Å². The highest BCUT2D eigenvalue weighted by molar-refractivity contribution is 5.03. The Morgan fingerprint density at radius 3 is 2.70 bits per heavy atom. The van der Waals surface area contributed by atoms with Crippen LogP contribution in [0.2, 0.25) is 0 Å². The number of aliphatic hydroxyl groups excluding tert-OH is 1. The number of hydrogen-bond acceptors (Lipinski definition) is 3. The quantitative estimate of drug-likeness (QED) is 0.834. The highest BCUT2D eigenvalue weighted by Crippen LogP contribution is 2.24. The van der Waals surface area contributed by atoms with Gasteiger partial charge in [-0.1, -0.05) is 19.8 Å². The number of nitrogens with zero attached hydrogens (tertiary/aromatic N) is 3. The van der Waals surface area contributed by atoms with Crippen molar-refractivity contribution in [2.45, 2.75) is 65.1 Å². The molecule has 2 heterocycles. The Kier molecular flexibility index (Phi) is 6.05. The van der Waals surface area contributed by atoms with Crippen molar-refractivity contribution in [1.82, 2.24) is 14.7 Å². The number of likely N-dealkylation sites (tertiary alicyclic amines) is 1. The number of aromatic nitrogens is 2. The number of unbranched alkanes of at least 4 members (excludes halogenated alkanes) is 1. The molecule has 0 aliphatic carbocycles. The molecule has 4 nitrogen and oxygen atoms in total. The van der Waals surface area contributed by atoms with Gasteiger partial charge in [0.2, 0.25) is 0 Å². The molecule has 1 fully saturated rings. The summed E-state index contributed by atoms with van der Waals surface area (Å²) in [5.74, 6) is 0.510. The maximum atomic E-state index is 10.2. The van der Waals surface area contributed by atoms with Crippen LogP contribution in [0.3, 0.4) is 0 Å². The first-order valence-electron chi connectivity index (χ1n) is 8.14. The second-order valence-corrected chi connectivity index (χ2v) is 6.03. The number of piperidine rings is 1. The summed E-state index contributed by atoms with van der Waals surface area (Å²) in [4.78, 5) is 2.49. The van der Waals surface area contributed by atoms with Crippen molar-refractivity contribution in [2.75, 3.05) is 13.1 Å². The predicted molar refractivity (Wildman–Crippen MR) is 81.4 cm³/mol. The van der Waals surface area contributed by atoms with Crippen LogP contribution in [-0.4, -0.2) is 39.0 Å². The third-order valence-corrected chi connectivity index (χ3v) is 4.45. The Labute approximate surface area is 122 Å². The van der Waals surface area contributed by atoms with E-state index in [0.29, 0.717) is 5.92 Å². The van der Waals surface area contributed by atoms with Gasteiger partial charge in [0.1, 0.15) is 0 Å². The average molecular weight is 279 g/mol. The van der Waals surface area contributed by atoms with Crippen LogP contribution in [0.5, 0.6) is 0 Å². The van der Waals surface area contributed by atoms with Gasteiger partial charge in [-0.3, -0.25) is 9.58 Å². The topological polar surface area (TPSA) is 41.3 Å². The SMILES string of the molecule is CCCCC(O)C1CCN(Cc2cnn(CC)c2)CC1. The standard InChI is InChI=1S/C16H29N3O/c1-3-5-6-16(20)15-7-9-18(10-8-15)12-14-11-17-19(4-2)13-14/h11,13,15-16,20H,3-10,12H2,1-2H3. The zero-order valence-electron chi connectivity index (χ0n) is 13.0. The van der Waals surface area contributed by atoms with Crippen LogP contribution in [0.25, 0.3) is 0 Å². The number of aliphatic hydroxyl groups is 1. The molecule has 1 aromatic rings. The van der Waals surface area contributed by atoms with E-state index in [1.54, 1.807) is 0 Å². The first-order chi connectivity index (χ1) is 9.72. The van der Waals surface area contributed by atoms with Crippen LogP contribution >= 0.6 is 0 Å². The molecule has 20 heavy (non-hydrogen) atoms. The lowest BCUT2D eigenvalue weighted by atomic mass is 9.88. The van der Waals surface area contributed by atoms with E-state index in [4.69, 9.17) is 0 Å². The van der Waals surface area contributed by atoms with Crippen molar-refractivity contribution in [2.24, 2.45) is 5.92 Å². The second kappa shape index (κ2) is 7.79. The van der Waals surface area contributed by atoms with Crippen molar-refractivity contribution in [3.8, 4) is 0 Å². The van der Waals surface area contributed by atoms with E-state index in [1.807, 2.05) is 10.9 Å². The van der Waals surface area contributed by atoms with Gasteiger partial charge < -0.3 is 5.11 Å². The molecule has 1 N–H and O–H groups in total. The molecule has 1 saturated heterocycles. The molecule has 1 unspecified atom stereocenters. The van der Waals surface area contributed by atoms with E-state index < -0.39 is 0 Å². The van der Waals surface area contributed by atoms with Gasteiger partial charge in [0, 0.05) is 24.8 Å². The molecule has 0 spiro atoms. The first kappa shape index (κ1) is 15.5. The molecule has 4 heteroatoms. The molecule has 0 bridgehead atoms. The molecular weight excluding hydrogens is 250 g/mol. The summed E-state index contributed by atoms with van der Waals surface area (Å²) in [6.07, 6.45) is 9.60. The average Bonchev–Trinajstić information content (AvgIpc) is 2.93. The van der Waals surface area contributed by atoms with Gasteiger partial charge >= 0.3 is 0 Å². The lowest BCUT2D eigenvalue weighted by molar-refractivity contribution is 0.0503. The molecule has 1 aromatic heterocycles. The molecule has 0 saturated carbocycles. The molecular formula is C16H29N3O. The van der Waals surface area contributed by atoms with Gasteiger partial charge in [0.05, 0.1) is 12.3 Å². The van der Waals surface area contributed by atoms with Gasteiger partial charge in [0.25, 0.3) is 0 Å². The minimum absolute atomic E-state index is 0.0834. The lowest BCUT2D eigenvalue weighted by Gasteiger charge is -2.34. The third kappa shape index (κ3) is 4.32. The fourth-order valence-corrected chi connectivity index (χ4v) is 3.06. The van der Waals surface area contributed by atoms with E-state index >= 15 is 0 Å².